The molecule has 0 aromatic carbocycles. The van der Waals surface area contributed by atoms with Crippen LogP contribution in [0.3, 0.4) is 0 Å². The van der Waals surface area contributed by atoms with Gasteiger partial charge < -0.3 is 15.4 Å². The van der Waals surface area contributed by atoms with Gasteiger partial charge in [0.15, 0.2) is 0 Å². The Labute approximate surface area is 100 Å². The van der Waals surface area contributed by atoms with E-state index in [0.29, 0.717) is 6.10 Å². The third-order valence-corrected chi connectivity index (χ3v) is 3.06. The van der Waals surface area contributed by atoms with Crippen LogP contribution in [-0.2, 0) is 4.74 Å². The molecule has 16 heavy (non-hydrogen) atoms. The highest BCUT2D eigenvalue weighted by molar-refractivity contribution is 4.78. The molecule has 2 rings (SSSR count). The molecule has 0 amide bonds. The van der Waals surface area contributed by atoms with Gasteiger partial charge in [0.25, 0.3) is 0 Å². The minimum Gasteiger partial charge on any atom is -0.370 e. The van der Waals surface area contributed by atoms with Gasteiger partial charge in [-0.05, 0) is 47.1 Å². The summed E-state index contributed by atoms with van der Waals surface area (Å²) < 4.78 is 5.61. The second-order valence-corrected chi connectivity index (χ2v) is 5.67. The van der Waals surface area contributed by atoms with E-state index in [1.165, 1.54) is 25.8 Å². The number of nitrogens with one attached hydrogen (secondary N) is 2. The molecule has 0 radical (unpaired) electrons. The summed E-state index contributed by atoms with van der Waals surface area (Å²) in [6.45, 7) is 11.8. The minimum absolute atomic E-state index is 0.0394. The molecule has 0 aromatic rings. The van der Waals surface area contributed by atoms with E-state index < -0.39 is 0 Å². The van der Waals surface area contributed by atoms with Crippen molar-refractivity contribution in [3.63, 3.8) is 0 Å². The molecule has 0 bridgehead atoms. The summed E-state index contributed by atoms with van der Waals surface area (Å²) >= 11 is 0. The second kappa shape index (κ2) is 6.58. The lowest BCUT2D eigenvalue weighted by Crippen LogP contribution is -2.49. The molecule has 0 spiro atoms. The molecule has 0 aromatic heterocycles. The molecule has 3 nitrogen and oxygen atoms in total. The molecule has 2 aliphatic heterocycles. The molecule has 0 saturated carbocycles. The van der Waals surface area contributed by atoms with Gasteiger partial charge in [0, 0.05) is 19.1 Å². The topological polar surface area (TPSA) is 33.3 Å². The van der Waals surface area contributed by atoms with Gasteiger partial charge in [0.1, 0.15) is 0 Å². The van der Waals surface area contributed by atoms with Crippen molar-refractivity contribution in [2.45, 2.75) is 64.7 Å². The minimum atomic E-state index is 0.0394. The Balaban J connectivity index is 0.000000165. The van der Waals surface area contributed by atoms with E-state index in [4.69, 9.17) is 4.74 Å². The molecule has 2 atom stereocenters. The Kier molecular flexibility index (Phi) is 5.73. The third kappa shape index (κ3) is 5.83. The molecule has 2 unspecified atom stereocenters. The zero-order valence-corrected chi connectivity index (χ0v) is 11.3. The average molecular weight is 228 g/mol. The standard InChI is InChI=1S/C7H15NO.C6H13N/c1-6-4-8-5-7(2,3)9-6;1-6-4-2-3-5-7-6/h6,8H,4-5H2,1-3H3;6-7H,2-5H2,1H3. The number of hydrogen-bond acceptors (Lipinski definition) is 3. The molecule has 2 heterocycles. The molecule has 2 N–H and O–H groups in total. The van der Waals surface area contributed by atoms with Gasteiger partial charge in [0.05, 0.1) is 11.7 Å². The van der Waals surface area contributed by atoms with Gasteiger partial charge in [-0.2, -0.15) is 0 Å². The largest absolute Gasteiger partial charge is 0.370 e. The Morgan fingerprint density at radius 2 is 1.94 bits per heavy atom. The molecular formula is C13H28N2O. The number of morpholine rings is 1. The predicted octanol–water partition coefficient (Wildman–Crippen LogP) is 1.92. The lowest BCUT2D eigenvalue weighted by Gasteiger charge is -2.34. The maximum Gasteiger partial charge on any atom is 0.0754 e. The van der Waals surface area contributed by atoms with E-state index in [-0.39, 0.29) is 5.60 Å². The maximum atomic E-state index is 5.61. The molecule has 2 fully saturated rings. The number of rotatable bonds is 0. The summed E-state index contributed by atoms with van der Waals surface area (Å²) in [5.41, 5.74) is 0.0394. The summed E-state index contributed by atoms with van der Waals surface area (Å²) in [5.74, 6) is 0. The van der Waals surface area contributed by atoms with Crippen LogP contribution >= 0.6 is 0 Å². The second-order valence-electron chi connectivity index (χ2n) is 5.67. The van der Waals surface area contributed by atoms with Crippen LogP contribution in [-0.4, -0.2) is 37.4 Å². The average Bonchev–Trinajstić information content (AvgIpc) is 2.17. The van der Waals surface area contributed by atoms with Crippen molar-refractivity contribution in [1.29, 1.82) is 0 Å². The number of piperidine rings is 1. The SMILES string of the molecule is CC1CCCCN1.CC1CNCC(C)(C)O1. The van der Waals surface area contributed by atoms with Gasteiger partial charge in [0.2, 0.25) is 0 Å². The quantitative estimate of drug-likeness (QED) is 0.664. The Morgan fingerprint density at radius 3 is 2.25 bits per heavy atom. The zero-order valence-electron chi connectivity index (χ0n) is 11.3. The van der Waals surface area contributed by atoms with Gasteiger partial charge >= 0.3 is 0 Å². The molecule has 2 saturated heterocycles. The first-order valence-electron chi connectivity index (χ1n) is 6.61. The van der Waals surface area contributed by atoms with Crippen LogP contribution in [0.4, 0.5) is 0 Å². The van der Waals surface area contributed by atoms with E-state index >= 15 is 0 Å². The van der Waals surface area contributed by atoms with Gasteiger partial charge in [-0.15, -0.1) is 0 Å². The van der Waals surface area contributed by atoms with Crippen LogP contribution in [0.1, 0.15) is 47.0 Å². The normalized spacial score (nSPS) is 33.8. The summed E-state index contributed by atoms with van der Waals surface area (Å²) in [7, 11) is 0. The third-order valence-electron chi connectivity index (χ3n) is 3.06. The van der Waals surface area contributed by atoms with Crippen molar-refractivity contribution in [3.8, 4) is 0 Å². The van der Waals surface area contributed by atoms with Crippen molar-refractivity contribution in [1.82, 2.24) is 10.6 Å². The van der Waals surface area contributed by atoms with Crippen LogP contribution in [0.25, 0.3) is 0 Å². The van der Waals surface area contributed by atoms with Crippen molar-refractivity contribution >= 4 is 0 Å². The summed E-state index contributed by atoms with van der Waals surface area (Å²) in [6.07, 6.45) is 4.55. The molecule has 0 aliphatic carbocycles. The summed E-state index contributed by atoms with van der Waals surface area (Å²) in [6, 6.07) is 0.786. The van der Waals surface area contributed by atoms with E-state index in [2.05, 4.69) is 38.3 Å². The zero-order chi connectivity index (χ0) is 12.0. The fourth-order valence-electron chi connectivity index (χ4n) is 2.23. The number of ether oxygens (including phenoxy) is 1. The summed E-state index contributed by atoms with van der Waals surface area (Å²) in [4.78, 5) is 0. The molecular weight excluding hydrogens is 200 g/mol. The summed E-state index contributed by atoms with van der Waals surface area (Å²) in [5, 5.41) is 6.68. The first-order chi connectivity index (χ1) is 7.49. The van der Waals surface area contributed by atoms with Gasteiger partial charge in [-0.3, -0.25) is 0 Å². The smallest absolute Gasteiger partial charge is 0.0754 e. The van der Waals surface area contributed by atoms with Crippen LogP contribution < -0.4 is 10.6 Å². The van der Waals surface area contributed by atoms with Crippen molar-refractivity contribution < 1.29 is 4.74 Å². The predicted molar refractivity (Wildman–Crippen MR) is 68.8 cm³/mol. The Morgan fingerprint density at radius 1 is 1.19 bits per heavy atom. The lowest BCUT2D eigenvalue weighted by molar-refractivity contribution is -0.0853. The van der Waals surface area contributed by atoms with Crippen molar-refractivity contribution in [2.24, 2.45) is 0 Å². The van der Waals surface area contributed by atoms with Gasteiger partial charge in [-0.1, -0.05) is 6.42 Å². The highest BCUT2D eigenvalue weighted by atomic mass is 16.5. The molecule has 3 heteroatoms. The van der Waals surface area contributed by atoms with Crippen molar-refractivity contribution in [2.75, 3.05) is 19.6 Å². The van der Waals surface area contributed by atoms with E-state index in [1.54, 1.807) is 0 Å². The Hall–Kier alpha value is -0.120. The lowest BCUT2D eigenvalue weighted by atomic mass is 10.1. The van der Waals surface area contributed by atoms with Crippen LogP contribution in [0, 0.1) is 0 Å². The fraction of sp³-hybridized carbons (Fsp3) is 1.00. The highest BCUT2D eigenvalue weighted by Crippen LogP contribution is 2.13. The van der Waals surface area contributed by atoms with Crippen LogP contribution in [0.5, 0.6) is 0 Å². The highest BCUT2D eigenvalue weighted by Gasteiger charge is 2.25. The Bertz CT molecular complexity index is 188. The van der Waals surface area contributed by atoms with Crippen molar-refractivity contribution in [3.05, 3.63) is 0 Å². The van der Waals surface area contributed by atoms with E-state index in [9.17, 15) is 0 Å². The van der Waals surface area contributed by atoms with Crippen LogP contribution in [0.15, 0.2) is 0 Å². The molecule has 96 valence electrons. The first kappa shape index (κ1) is 13.9. The van der Waals surface area contributed by atoms with Crippen LogP contribution in [0.2, 0.25) is 0 Å². The van der Waals surface area contributed by atoms with Gasteiger partial charge in [-0.25, -0.2) is 0 Å². The first-order valence-corrected chi connectivity index (χ1v) is 6.61. The maximum absolute atomic E-state index is 5.61. The monoisotopic (exact) mass is 228 g/mol. The van der Waals surface area contributed by atoms with E-state index in [1.807, 2.05) is 0 Å². The number of hydrogen-bond donors (Lipinski definition) is 2. The fourth-order valence-corrected chi connectivity index (χ4v) is 2.23. The molecule has 2 aliphatic rings. The van der Waals surface area contributed by atoms with E-state index in [0.717, 1.165) is 19.1 Å².